The van der Waals surface area contributed by atoms with Crippen LogP contribution in [0.3, 0.4) is 0 Å². The lowest BCUT2D eigenvalue weighted by Crippen LogP contribution is -1.98. The topological polar surface area (TPSA) is 21.6 Å². The van der Waals surface area contributed by atoms with Crippen molar-refractivity contribution in [2.75, 3.05) is 13.2 Å². The van der Waals surface area contributed by atoms with Crippen LogP contribution >= 0.6 is 0 Å². The number of hydrogen-bond donors (Lipinski definition) is 0. The van der Waals surface area contributed by atoms with Gasteiger partial charge in [-0.25, -0.2) is 0 Å². The molecule has 0 radical (unpaired) electrons. The average molecular weight is 125 g/mol. The van der Waals surface area contributed by atoms with Crippen molar-refractivity contribution in [2.45, 2.75) is 13.3 Å². The monoisotopic (exact) mass is 125 g/mol. The molecular weight excluding hydrogens is 114 g/mol. The third-order valence-electron chi connectivity index (χ3n) is 1.10. The highest BCUT2D eigenvalue weighted by atomic mass is 16.5. The standard InChI is InChI=1S/C7H11NO/c1-6(2)5-7-8-3-4-9-7/h1,3-5H2,2H3. The summed E-state index contributed by atoms with van der Waals surface area (Å²) < 4.78 is 5.15. The van der Waals surface area contributed by atoms with E-state index in [1.807, 2.05) is 6.92 Å². The Balaban J connectivity index is 2.35. The van der Waals surface area contributed by atoms with Gasteiger partial charge in [0.25, 0.3) is 0 Å². The Labute approximate surface area is 55.2 Å². The first-order valence-electron chi connectivity index (χ1n) is 3.09. The Morgan fingerprint density at radius 1 is 1.89 bits per heavy atom. The highest BCUT2D eigenvalue weighted by molar-refractivity contribution is 5.79. The van der Waals surface area contributed by atoms with E-state index < -0.39 is 0 Å². The van der Waals surface area contributed by atoms with Crippen molar-refractivity contribution in [3.8, 4) is 0 Å². The van der Waals surface area contributed by atoms with E-state index >= 15 is 0 Å². The van der Waals surface area contributed by atoms with Crippen molar-refractivity contribution in [3.63, 3.8) is 0 Å². The van der Waals surface area contributed by atoms with E-state index in [9.17, 15) is 0 Å². The van der Waals surface area contributed by atoms with Crippen LogP contribution in [-0.4, -0.2) is 19.0 Å². The van der Waals surface area contributed by atoms with Gasteiger partial charge in [0.1, 0.15) is 6.61 Å². The van der Waals surface area contributed by atoms with Crippen molar-refractivity contribution in [2.24, 2.45) is 4.99 Å². The van der Waals surface area contributed by atoms with E-state index in [1.54, 1.807) is 0 Å². The molecule has 0 aromatic rings. The summed E-state index contributed by atoms with van der Waals surface area (Å²) in [6.07, 6.45) is 0.806. The van der Waals surface area contributed by atoms with E-state index in [0.717, 1.165) is 31.0 Å². The summed E-state index contributed by atoms with van der Waals surface area (Å²) in [4.78, 5) is 4.11. The molecule has 0 aromatic carbocycles. The minimum atomic E-state index is 0.753. The van der Waals surface area contributed by atoms with Gasteiger partial charge in [-0.15, -0.1) is 0 Å². The molecule has 2 heteroatoms. The Bertz CT molecular complexity index is 149. The van der Waals surface area contributed by atoms with Crippen molar-refractivity contribution in [1.82, 2.24) is 0 Å². The molecule has 1 rings (SSSR count). The first kappa shape index (κ1) is 6.33. The predicted octanol–water partition coefficient (Wildman–Crippen LogP) is 1.38. The molecule has 9 heavy (non-hydrogen) atoms. The van der Waals surface area contributed by atoms with Crippen LogP contribution in [0.1, 0.15) is 13.3 Å². The minimum absolute atomic E-state index is 0.753. The van der Waals surface area contributed by atoms with Gasteiger partial charge >= 0.3 is 0 Å². The molecule has 1 heterocycles. The lowest BCUT2D eigenvalue weighted by molar-refractivity contribution is 0.341. The normalized spacial score (nSPS) is 16.8. The lowest BCUT2D eigenvalue weighted by Gasteiger charge is -1.98. The molecule has 0 aromatic heterocycles. The smallest absolute Gasteiger partial charge is 0.187 e. The van der Waals surface area contributed by atoms with Crippen LogP contribution in [0.15, 0.2) is 17.1 Å². The van der Waals surface area contributed by atoms with E-state index in [1.165, 1.54) is 0 Å². The van der Waals surface area contributed by atoms with E-state index in [4.69, 9.17) is 4.74 Å². The van der Waals surface area contributed by atoms with Gasteiger partial charge in [0.05, 0.1) is 6.54 Å². The maximum absolute atomic E-state index is 5.15. The van der Waals surface area contributed by atoms with Gasteiger partial charge in [-0.1, -0.05) is 12.2 Å². The molecule has 0 fully saturated rings. The summed E-state index contributed by atoms with van der Waals surface area (Å²) in [5.74, 6) is 0.850. The fourth-order valence-electron chi connectivity index (χ4n) is 0.745. The van der Waals surface area contributed by atoms with E-state index in [2.05, 4.69) is 11.6 Å². The minimum Gasteiger partial charge on any atom is -0.479 e. The Morgan fingerprint density at radius 2 is 2.67 bits per heavy atom. The van der Waals surface area contributed by atoms with Crippen molar-refractivity contribution in [3.05, 3.63) is 12.2 Å². The highest BCUT2D eigenvalue weighted by Crippen LogP contribution is 2.03. The average Bonchev–Trinajstić information content (AvgIpc) is 2.15. The third-order valence-corrected chi connectivity index (χ3v) is 1.10. The Morgan fingerprint density at radius 3 is 3.11 bits per heavy atom. The van der Waals surface area contributed by atoms with Crippen molar-refractivity contribution >= 4 is 5.90 Å². The molecule has 0 saturated heterocycles. The molecule has 0 saturated carbocycles. The summed E-state index contributed by atoms with van der Waals surface area (Å²) in [7, 11) is 0. The fraction of sp³-hybridized carbons (Fsp3) is 0.571. The molecule has 0 atom stereocenters. The third kappa shape index (κ3) is 1.88. The van der Waals surface area contributed by atoms with Gasteiger partial charge in [-0.05, 0) is 6.92 Å². The predicted molar refractivity (Wildman–Crippen MR) is 37.7 cm³/mol. The van der Waals surface area contributed by atoms with Crippen LogP contribution in [0.5, 0.6) is 0 Å². The second-order valence-electron chi connectivity index (χ2n) is 2.26. The molecule has 0 unspecified atom stereocenters. The van der Waals surface area contributed by atoms with Gasteiger partial charge in [0.15, 0.2) is 5.90 Å². The van der Waals surface area contributed by atoms with Crippen LogP contribution < -0.4 is 0 Å². The highest BCUT2D eigenvalue weighted by Gasteiger charge is 2.05. The van der Waals surface area contributed by atoms with Crippen LogP contribution in [-0.2, 0) is 4.74 Å². The number of rotatable bonds is 2. The molecular formula is C7H11NO. The summed E-state index contributed by atoms with van der Waals surface area (Å²) in [5.41, 5.74) is 1.11. The number of hydrogen-bond acceptors (Lipinski definition) is 2. The Hall–Kier alpha value is -0.790. The van der Waals surface area contributed by atoms with Crippen molar-refractivity contribution < 1.29 is 4.74 Å². The maximum atomic E-state index is 5.15. The zero-order valence-electron chi connectivity index (χ0n) is 5.68. The first-order chi connectivity index (χ1) is 4.29. The Kier molecular flexibility index (Phi) is 1.88. The molecule has 0 N–H and O–H groups in total. The van der Waals surface area contributed by atoms with Gasteiger partial charge < -0.3 is 4.74 Å². The zero-order chi connectivity index (χ0) is 6.69. The van der Waals surface area contributed by atoms with Gasteiger partial charge in [-0.2, -0.15) is 0 Å². The van der Waals surface area contributed by atoms with Crippen LogP contribution in [0.2, 0.25) is 0 Å². The van der Waals surface area contributed by atoms with Crippen LogP contribution in [0.4, 0.5) is 0 Å². The van der Waals surface area contributed by atoms with Crippen LogP contribution in [0.25, 0.3) is 0 Å². The second-order valence-corrected chi connectivity index (χ2v) is 2.26. The van der Waals surface area contributed by atoms with Crippen LogP contribution in [0, 0.1) is 0 Å². The lowest BCUT2D eigenvalue weighted by atomic mass is 10.2. The number of ether oxygens (including phenoxy) is 1. The summed E-state index contributed by atoms with van der Waals surface area (Å²) in [6.45, 7) is 7.31. The SMILES string of the molecule is C=C(C)CC1=NCCO1. The molecule has 0 spiro atoms. The summed E-state index contributed by atoms with van der Waals surface area (Å²) >= 11 is 0. The molecule has 0 amide bonds. The van der Waals surface area contributed by atoms with Crippen molar-refractivity contribution in [1.29, 1.82) is 0 Å². The molecule has 2 nitrogen and oxygen atoms in total. The van der Waals surface area contributed by atoms with Gasteiger partial charge in [0.2, 0.25) is 0 Å². The molecule has 1 aliphatic heterocycles. The molecule has 0 bridgehead atoms. The van der Waals surface area contributed by atoms with Gasteiger partial charge in [0, 0.05) is 6.42 Å². The first-order valence-corrected chi connectivity index (χ1v) is 3.09. The zero-order valence-corrected chi connectivity index (χ0v) is 5.68. The van der Waals surface area contributed by atoms with E-state index in [0.29, 0.717) is 0 Å². The van der Waals surface area contributed by atoms with Gasteiger partial charge in [-0.3, -0.25) is 4.99 Å². The maximum Gasteiger partial charge on any atom is 0.187 e. The summed E-state index contributed by atoms with van der Waals surface area (Å²) in [6, 6.07) is 0. The van der Waals surface area contributed by atoms with E-state index in [-0.39, 0.29) is 0 Å². The fourth-order valence-corrected chi connectivity index (χ4v) is 0.745. The molecule has 1 aliphatic rings. The number of aliphatic imine (C=N–C) groups is 1. The number of nitrogens with zero attached hydrogens (tertiary/aromatic N) is 1. The molecule has 0 aliphatic carbocycles. The summed E-state index contributed by atoms with van der Waals surface area (Å²) in [5, 5.41) is 0. The quantitative estimate of drug-likeness (QED) is 0.511. The molecule has 50 valence electrons. The second kappa shape index (κ2) is 2.67. The largest absolute Gasteiger partial charge is 0.479 e.